The Morgan fingerprint density at radius 3 is 2.94 bits per heavy atom. The largest absolute Gasteiger partial charge is 0.477 e. The number of rotatable bonds is 7. The molecule has 0 spiro atoms. The molecule has 1 aromatic rings. The highest BCUT2D eigenvalue weighted by Gasteiger charge is 2.14. The van der Waals surface area contributed by atoms with Crippen molar-refractivity contribution in [2.75, 3.05) is 6.54 Å². The molecule has 1 heterocycles. The molecule has 1 aromatic heterocycles. The van der Waals surface area contributed by atoms with Gasteiger partial charge < -0.3 is 10.4 Å². The van der Waals surface area contributed by atoms with Crippen LogP contribution in [0, 0.1) is 5.92 Å². The zero-order valence-electron chi connectivity index (χ0n) is 10.7. The van der Waals surface area contributed by atoms with Gasteiger partial charge in [-0.3, -0.25) is 0 Å². The molecule has 0 bridgehead atoms. The predicted octanol–water partition coefficient (Wildman–Crippen LogP) is 3.51. The molecule has 0 radical (unpaired) electrons. The molecule has 2 rings (SSSR count). The summed E-state index contributed by atoms with van der Waals surface area (Å²) in [7, 11) is 0. The third kappa shape index (κ3) is 3.82. The Labute approximate surface area is 112 Å². The van der Waals surface area contributed by atoms with Crippen LogP contribution in [0.2, 0.25) is 0 Å². The molecule has 1 saturated carbocycles. The van der Waals surface area contributed by atoms with E-state index < -0.39 is 5.97 Å². The van der Waals surface area contributed by atoms with Crippen molar-refractivity contribution in [3.8, 4) is 0 Å². The van der Waals surface area contributed by atoms with Crippen LogP contribution in [-0.4, -0.2) is 17.6 Å². The van der Waals surface area contributed by atoms with Gasteiger partial charge in [-0.05, 0) is 42.3 Å². The van der Waals surface area contributed by atoms with Crippen LogP contribution in [0.15, 0.2) is 11.4 Å². The summed E-state index contributed by atoms with van der Waals surface area (Å²) in [5.74, 6) is 0.135. The Hall–Kier alpha value is -0.870. The van der Waals surface area contributed by atoms with Gasteiger partial charge in [-0.15, -0.1) is 11.3 Å². The Kier molecular flexibility index (Phi) is 5.20. The van der Waals surface area contributed by atoms with Crippen LogP contribution in [0.4, 0.5) is 0 Å². The second-order valence-corrected chi connectivity index (χ2v) is 5.97. The molecule has 1 fully saturated rings. The molecule has 0 saturated heterocycles. The lowest BCUT2D eigenvalue weighted by Crippen LogP contribution is -2.16. The minimum atomic E-state index is -0.812. The van der Waals surface area contributed by atoms with Gasteiger partial charge in [0.1, 0.15) is 4.88 Å². The second kappa shape index (κ2) is 6.90. The topological polar surface area (TPSA) is 49.3 Å². The quantitative estimate of drug-likeness (QED) is 0.743. The molecular formula is C14H21NO2S. The van der Waals surface area contributed by atoms with Gasteiger partial charge in [0.15, 0.2) is 0 Å². The van der Waals surface area contributed by atoms with Crippen LogP contribution < -0.4 is 5.32 Å². The number of carboxylic acid groups (broad SMARTS) is 1. The van der Waals surface area contributed by atoms with Crippen molar-refractivity contribution in [2.45, 2.75) is 45.1 Å². The zero-order valence-corrected chi connectivity index (χ0v) is 11.5. The molecule has 4 heteroatoms. The Balaban J connectivity index is 1.62. The summed E-state index contributed by atoms with van der Waals surface area (Å²) in [5.41, 5.74) is 0.911. The van der Waals surface area contributed by atoms with Crippen molar-refractivity contribution >= 4 is 17.3 Å². The van der Waals surface area contributed by atoms with Crippen molar-refractivity contribution in [1.82, 2.24) is 5.32 Å². The number of hydrogen-bond acceptors (Lipinski definition) is 3. The molecular weight excluding hydrogens is 246 g/mol. The molecule has 100 valence electrons. The number of hydrogen-bond donors (Lipinski definition) is 2. The zero-order chi connectivity index (χ0) is 12.8. The van der Waals surface area contributed by atoms with Gasteiger partial charge >= 0.3 is 5.97 Å². The molecule has 18 heavy (non-hydrogen) atoms. The first-order valence-electron chi connectivity index (χ1n) is 6.77. The van der Waals surface area contributed by atoms with E-state index in [2.05, 4.69) is 5.32 Å². The van der Waals surface area contributed by atoms with Gasteiger partial charge in [0.25, 0.3) is 0 Å². The van der Waals surface area contributed by atoms with Gasteiger partial charge in [-0.2, -0.15) is 0 Å². The molecule has 0 aromatic carbocycles. The minimum Gasteiger partial charge on any atom is -0.477 e. The van der Waals surface area contributed by atoms with Gasteiger partial charge in [0.2, 0.25) is 0 Å². The summed E-state index contributed by atoms with van der Waals surface area (Å²) in [6.45, 7) is 1.67. The molecule has 0 unspecified atom stereocenters. The van der Waals surface area contributed by atoms with E-state index in [0.717, 1.165) is 18.0 Å². The Bertz CT molecular complexity index is 383. The number of carbonyl (C=O) groups is 1. The van der Waals surface area contributed by atoms with Crippen molar-refractivity contribution in [3.63, 3.8) is 0 Å². The lowest BCUT2D eigenvalue weighted by atomic mass is 10.0. The van der Waals surface area contributed by atoms with E-state index in [9.17, 15) is 4.79 Å². The number of thiophene rings is 1. The van der Waals surface area contributed by atoms with Crippen molar-refractivity contribution in [1.29, 1.82) is 0 Å². The lowest BCUT2D eigenvalue weighted by molar-refractivity contribution is 0.0701. The van der Waals surface area contributed by atoms with E-state index in [0.29, 0.717) is 11.4 Å². The maximum atomic E-state index is 10.9. The standard InChI is InChI=1S/C14H21NO2S/c16-14(17)13-12(7-9-18-13)10-15-8-3-6-11-4-1-2-5-11/h7,9,11,15H,1-6,8,10H2,(H,16,17). The van der Waals surface area contributed by atoms with Gasteiger partial charge in [-0.25, -0.2) is 4.79 Å². The smallest absolute Gasteiger partial charge is 0.346 e. The number of carboxylic acids is 1. The number of nitrogens with one attached hydrogen (secondary N) is 1. The first-order chi connectivity index (χ1) is 8.77. The Morgan fingerprint density at radius 2 is 2.22 bits per heavy atom. The Morgan fingerprint density at radius 1 is 1.44 bits per heavy atom. The van der Waals surface area contributed by atoms with Crippen LogP contribution in [0.5, 0.6) is 0 Å². The fourth-order valence-electron chi connectivity index (χ4n) is 2.70. The van der Waals surface area contributed by atoms with Gasteiger partial charge in [0.05, 0.1) is 0 Å². The van der Waals surface area contributed by atoms with E-state index in [4.69, 9.17) is 5.11 Å². The van der Waals surface area contributed by atoms with E-state index in [1.165, 1.54) is 49.9 Å². The van der Waals surface area contributed by atoms with Crippen LogP contribution in [0.1, 0.15) is 53.8 Å². The predicted molar refractivity (Wildman–Crippen MR) is 74.2 cm³/mol. The fraction of sp³-hybridized carbons (Fsp3) is 0.643. The highest BCUT2D eigenvalue weighted by atomic mass is 32.1. The third-order valence-electron chi connectivity index (χ3n) is 3.70. The van der Waals surface area contributed by atoms with Crippen LogP contribution >= 0.6 is 11.3 Å². The molecule has 3 nitrogen and oxygen atoms in total. The van der Waals surface area contributed by atoms with Gasteiger partial charge in [0, 0.05) is 6.54 Å². The third-order valence-corrected chi connectivity index (χ3v) is 4.64. The normalized spacial score (nSPS) is 16.2. The first kappa shape index (κ1) is 13.6. The molecule has 0 amide bonds. The molecule has 0 atom stereocenters. The highest BCUT2D eigenvalue weighted by Crippen LogP contribution is 2.28. The molecule has 2 N–H and O–H groups in total. The van der Waals surface area contributed by atoms with Crippen molar-refractivity contribution < 1.29 is 9.90 Å². The summed E-state index contributed by atoms with van der Waals surface area (Å²) in [6.07, 6.45) is 8.17. The number of aromatic carboxylic acids is 1. The summed E-state index contributed by atoms with van der Waals surface area (Å²) >= 11 is 1.30. The summed E-state index contributed by atoms with van der Waals surface area (Å²) in [5, 5.41) is 14.2. The van der Waals surface area contributed by atoms with Crippen molar-refractivity contribution in [2.24, 2.45) is 5.92 Å². The van der Waals surface area contributed by atoms with Crippen LogP contribution in [-0.2, 0) is 6.54 Å². The maximum Gasteiger partial charge on any atom is 0.346 e. The minimum absolute atomic E-state index is 0.471. The van der Waals surface area contributed by atoms with E-state index in [1.54, 1.807) is 0 Å². The fourth-order valence-corrected chi connectivity index (χ4v) is 3.46. The summed E-state index contributed by atoms with van der Waals surface area (Å²) < 4.78 is 0. The lowest BCUT2D eigenvalue weighted by Gasteiger charge is -2.09. The van der Waals surface area contributed by atoms with Crippen LogP contribution in [0.25, 0.3) is 0 Å². The SMILES string of the molecule is O=C(O)c1sccc1CNCCCC1CCCC1. The monoisotopic (exact) mass is 267 g/mol. The molecule has 0 aliphatic heterocycles. The molecule has 1 aliphatic rings. The first-order valence-corrected chi connectivity index (χ1v) is 7.65. The molecule has 1 aliphatic carbocycles. The summed E-state index contributed by atoms with van der Waals surface area (Å²) in [4.78, 5) is 11.4. The van der Waals surface area contributed by atoms with Crippen molar-refractivity contribution in [3.05, 3.63) is 21.9 Å². The summed E-state index contributed by atoms with van der Waals surface area (Å²) in [6, 6.07) is 1.90. The highest BCUT2D eigenvalue weighted by molar-refractivity contribution is 7.12. The van der Waals surface area contributed by atoms with Gasteiger partial charge in [-0.1, -0.05) is 25.7 Å². The van der Waals surface area contributed by atoms with E-state index in [-0.39, 0.29) is 0 Å². The van der Waals surface area contributed by atoms with Crippen LogP contribution in [0.3, 0.4) is 0 Å². The maximum absolute atomic E-state index is 10.9. The average Bonchev–Trinajstić information content (AvgIpc) is 2.98. The average molecular weight is 267 g/mol. The second-order valence-electron chi connectivity index (χ2n) is 5.05. The van der Waals surface area contributed by atoms with E-state index in [1.807, 2.05) is 11.4 Å². The van der Waals surface area contributed by atoms with E-state index >= 15 is 0 Å².